The minimum Gasteiger partial charge on any atom is -0.453 e. The third-order valence-corrected chi connectivity index (χ3v) is 4.05. The molecule has 0 radical (unpaired) electrons. The first-order valence-electron chi connectivity index (χ1n) is 7.19. The van der Waals surface area contributed by atoms with E-state index in [1.54, 1.807) is 4.90 Å². The highest BCUT2D eigenvalue weighted by molar-refractivity contribution is 5.67. The van der Waals surface area contributed by atoms with Gasteiger partial charge in [0.25, 0.3) is 0 Å². The van der Waals surface area contributed by atoms with Gasteiger partial charge in [-0.25, -0.2) is 4.79 Å². The number of piperidine rings is 1. The number of hydrogen-bond donors (Lipinski definition) is 0. The second-order valence-electron chi connectivity index (χ2n) is 5.46. The molecule has 0 aromatic heterocycles. The molecule has 1 aliphatic rings. The predicted octanol–water partition coefficient (Wildman–Crippen LogP) is 3.80. The Hall–Kier alpha value is -1.77. The van der Waals surface area contributed by atoms with E-state index in [0.717, 1.165) is 25.9 Å². The minimum atomic E-state index is -0.206. The summed E-state index contributed by atoms with van der Waals surface area (Å²) >= 11 is 0. The van der Waals surface area contributed by atoms with Gasteiger partial charge in [-0.1, -0.05) is 30.4 Å². The fourth-order valence-corrected chi connectivity index (χ4v) is 2.73. The topological polar surface area (TPSA) is 29.5 Å². The van der Waals surface area contributed by atoms with Crippen molar-refractivity contribution in [3.8, 4) is 0 Å². The van der Waals surface area contributed by atoms with Crippen molar-refractivity contribution in [3.05, 3.63) is 41.0 Å². The van der Waals surface area contributed by atoms with E-state index in [9.17, 15) is 4.79 Å². The van der Waals surface area contributed by atoms with Crippen molar-refractivity contribution < 1.29 is 9.53 Å². The summed E-state index contributed by atoms with van der Waals surface area (Å²) < 4.78 is 4.75. The fraction of sp³-hybridized carbons (Fsp3) is 0.471. The molecule has 1 amide bonds. The molecule has 1 fully saturated rings. The molecule has 3 nitrogen and oxygen atoms in total. The average molecular weight is 273 g/mol. The van der Waals surface area contributed by atoms with Gasteiger partial charge in [0.1, 0.15) is 0 Å². The molecule has 0 unspecified atom stereocenters. The Labute approximate surface area is 121 Å². The molecule has 1 aromatic rings. The lowest BCUT2D eigenvalue weighted by Crippen LogP contribution is -2.37. The summed E-state index contributed by atoms with van der Waals surface area (Å²) in [5.74, 6) is 0.551. The monoisotopic (exact) mass is 273 g/mol. The fourth-order valence-electron chi connectivity index (χ4n) is 2.73. The quantitative estimate of drug-likeness (QED) is 0.820. The number of carbonyl (C=O) groups excluding carboxylic acids is 1. The summed E-state index contributed by atoms with van der Waals surface area (Å²) in [7, 11) is 1.44. The van der Waals surface area contributed by atoms with Gasteiger partial charge in [-0.2, -0.15) is 0 Å². The van der Waals surface area contributed by atoms with Crippen LogP contribution in [0.25, 0.3) is 6.08 Å². The molecule has 1 aromatic carbocycles. The smallest absolute Gasteiger partial charge is 0.409 e. The normalized spacial score (nSPS) is 16.6. The maximum Gasteiger partial charge on any atom is 0.409 e. The molecule has 1 aliphatic heterocycles. The van der Waals surface area contributed by atoms with Gasteiger partial charge < -0.3 is 9.64 Å². The number of hydrogen-bond acceptors (Lipinski definition) is 2. The highest BCUT2D eigenvalue weighted by atomic mass is 16.5. The first kappa shape index (κ1) is 14.6. The minimum absolute atomic E-state index is 0.206. The predicted molar refractivity (Wildman–Crippen MR) is 81.7 cm³/mol. The van der Waals surface area contributed by atoms with E-state index in [2.05, 4.69) is 44.2 Å². The van der Waals surface area contributed by atoms with Gasteiger partial charge in [-0.3, -0.25) is 0 Å². The third kappa shape index (κ3) is 3.41. The van der Waals surface area contributed by atoms with Gasteiger partial charge in [0, 0.05) is 13.1 Å². The van der Waals surface area contributed by atoms with Gasteiger partial charge in [0.15, 0.2) is 0 Å². The number of benzene rings is 1. The van der Waals surface area contributed by atoms with Crippen LogP contribution < -0.4 is 0 Å². The Morgan fingerprint density at radius 1 is 1.25 bits per heavy atom. The number of aryl methyl sites for hydroxylation is 2. The van der Waals surface area contributed by atoms with E-state index in [1.165, 1.54) is 23.8 Å². The molecule has 1 heterocycles. The zero-order valence-electron chi connectivity index (χ0n) is 12.6. The summed E-state index contributed by atoms with van der Waals surface area (Å²) in [6.45, 7) is 5.86. The van der Waals surface area contributed by atoms with Crippen molar-refractivity contribution in [1.29, 1.82) is 0 Å². The lowest BCUT2D eigenvalue weighted by molar-refractivity contribution is 0.110. The molecule has 108 valence electrons. The average Bonchev–Trinajstić information content (AvgIpc) is 2.46. The van der Waals surface area contributed by atoms with Crippen LogP contribution in [0.5, 0.6) is 0 Å². The lowest BCUT2D eigenvalue weighted by Gasteiger charge is -2.29. The van der Waals surface area contributed by atoms with Gasteiger partial charge in [0.2, 0.25) is 0 Å². The molecule has 0 saturated carbocycles. The van der Waals surface area contributed by atoms with E-state index in [4.69, 9.17) is 4.74 Å². The second-order valence-corrected chi connectivity index (χ2v) is 5.46. The van der Waals surface area contributed by atoms with Crippen molar-refractivity contribution in [3.63, 3.8) is 0 Å². The van der Waals surface area contributed by atoms with Crippen LogP contribution in [-0.2, 0) is 4.74 Å². The van der Waals surface area contributed by atoms with Crippen LogP contribution in [0, 0.1) is 19.8 Å². The number of allylic oxidation sites excluding steroid dienone is 1. The zero-order chi connectivity index (χ0) is 14.5. The Morgan fingerprint density at radius 3 is 2.40 bits per heavy atom. The van der Waals surface area contributed by atoms with Crippen molar-refractivity contribution in [2.24, 2.45) is 5.92 Å². The molecule has 0 spiro atoms. The van der Waals surface area contributed by atoms with Gasteiger partial charge in [0.05, 0.1) is 7.11 Å². The highest BCUT2D eigenvalue weighted by Gasteiger charge is 2.21. The van der Waals surface area contributed by atoms with Crippen LogP contribution in [0.15, 0.2) is 24.3 Å². The number of methoxy groups -OCH3 is 1. The Balaban J connectivity index is 1.96. The van der Waals surface area contributed by atoms with Crippen LogP contribution in [0.4, 0.5) is 4.79 Å². The number of amides is 1. The van der Waals surface area contributed by atoms with Crippen molar-refractivity contribution in [2.75, 3.05) is 20.2 Å². The summed E-state index contributed by atoms with van der Waals surface area (Å²) in [5, 5.41) is 0. The maximum atomic E-state index is 11.4. The van der Waals surface area contributed by atoms with Gasteiger partial charge >= 0.3 is 6.09 Å². The SMILES string of the molecule is COC(=O)N1CCC(C=Cc2c(C)cccc2C)CC1. The molecular formula is C17H23NO2. The van der Waals surface area contributed by atoms with Gasteiger partial charge in [-0.05, 0) is 49.3 Å². The standard InChI is InChI=1S/C17H23NO2/c1-13-5-4-6-14(2)16(13)8-7-15-9-11-18(12-10-15)17(19)20-3/h4-8,15H,9-12H2,1-3H3. The molecule has 0 N–H and O–H groups in total. The summed E-state index contributed by atoms with van der Waals surface area (Å²) in [6.07, 6.45) is 6.35. The third-order valence-electron chi connectivity index (χ3n) is 4.05. The highest BCUT2D eigenvalue weighted by Crippen LogP contribution is 2.22. The molecule has 3 heteroatoms. The van der Waals surface area contributed by atoms with Crippen LogP contribution in [0.3, 0.4) is 0 Å². The number of rotatable bonds is 2. The zero-order valence-corrected chi connectivity index (χ0v) is 12.6. The van der Waals surface area contributed by atoms with Crippen LogP contribution >= 0.6 is 0 Å². The first-order valence-corrected chi connectivity index (χ1v) is 7.19. The first-order chi connectivity index (χ1) is 9.61. The van der Waals surface area contributed by atoms with Crippen molar-refractivity contribution >= 4 is 12.2 Å². The van der Waals surface area contributed by atoms with Gasteiger partial charge in [-0.15, -0.1) is 0 Å². The Kier molecular flexibility index (Phi) is 4.83. The summed E-state index contributed by atoms with van der Waals surface area (Å²) in [6, 6.07) is 6.38. The molecule has 2 rings (SSSR count). The molecular weight excluding hydrogens is 250 g/mol. The number of nitrogens with zero attached hydrogens (tertiary/aromatic N) is 1. The molecule has 0 bridgehead atoms. The molecule has 0 aliphatic carbocycles. The van der Waals surface area contributed by atoms with E-state index >= 15 is 0 Å². The second kappa shape index (κ2) is 6.60. The Bertz CT molecular complexity index is 479. The molecule has 1 saturated heterocycles. The Morgan fingerprint density at radius 2 is 1.85 bits per heavy atom. The van der Waals surface area contributed by atoms with Crippen LogP contribution in [0.1, 0.15) is 29.5 Å². The summed E-state index contributed by atoms with van der Waals surface area (Å²) in [5.41, 5.74) is 3.95. The number of likely N-dealkylation sites (tertiary alicyclic amines) is 1. The largest absolute Gasteiger partial charge is 0.453 e. The number of carbonyl (C=O) groups is 1. The van der Waals surface area contributed by atoms with E-state index in [1.807, 2.05) is 0 Å². The van der Waals surface area contributed by atoms with Crippen LogP contribution in [0.2, 0.25) is 0 Å². The van der Waals surface area contributed by atoms with Crippen molar-refractivity contribution in [2.45, 2.75) is 26.7 Å². The maximum absolute atomic E-state index is 11.4. The van der Waals surface area contributed by atoms with Crippen molar-refractivity contribution in [1.82, 2.24) is 4.90 Å². The molecule has 20 heavy (non-hydrogen) atoms. The van der Waals surface area contributed by atoms with E-state index in [-0.39, 0.29) is 6.09 Å². The number of ether oxygens (including phenoxy) is 1. The summed E-state index contributed by atoms with van der Waals surface area (Å²) in [4.78, 5) is 13.2. The molecule has 0 atom stereocenters. The van der Waals surface area contributed by atoms with E-state index in [0.29, 0.717) is 5.92 Å². The van der Waals surface area contributed by atoms with Crippen LogP contribution in [-0.4, -0.2) is 31.2 Å². The van der Waals surface area contributed by atoms with E-state index < -0.39 is 0 Å². The lowest BCUT2D eigenvalue weighted by atomic mass is 9.94.